The van der Waals surface area contributed by atoms with Crippen LogP contribution in [0.4, 0.5) is 11.5 Å². The fourth-order valence-electron chi connectivity index (χ4n) is 1.64. The quantitative estimate of drug-likeness (QED) is 0.778. The highest BCUT2D eigenvalue weighted by molar-refractivity contribution is 5.60. The third kappa shape index (κ3) is 2.51. The first kappa shape index (κ1) is 13.3. The van der Waals surface area contributed by atoms with Crippen molar-refractivity contribution in [2.24, 2.45) is 7.05 Å². The summed E-state index contributed by atoms with van der Waals surface area (Å²) in [6.07, 6.45) is 1.67. The van der Waals surface area contributed by atoms with Crippen LogP contribution in [0.5, 0.6) is 0 Å². The molecule has 1 aromatic heterocycles. The van der Waals surface area contributed by atoms with E-state index in [0.29, 0.717) is 18.8 Å². The number of nitrogens with one attached hydrogen (secondary N) is 1. The molecule has 0 fully saturated rings. The van der Waals surface area contributed by atoms with Gasteiger partial charge in [-0.25, -0.2) is 4.79 Å². The Morgan fingerprint density at radius 2 is 1.88 bits per heavy atom. The Morgan fingerprint density at radius 3 is 2.41 bits per heavy atom. The third-order valence-electron chi connectivity index (χ3n) is 2.58. The fourth-order valence-corrected chi connectivity index (χ4v) is 1.64. The molecule has 1 heterocycles. The van der Waals surface area contributed by atoms with Gasteiger partial charge in [0.1, 0.15) is 11.5 Å². The molecule has 96 valence electrons. The first-order chi connectivity index (χ1) is 8.04. The smallest absolute Gasteiger partial charge is 0.332 e. The van der Waals surface area contributed by atoms with E-state index in [-0.39, 0.29) is 17.1 Å². The standard InChI is InChI=1S/C11H20N4O2/c1-4-6-13-8-9(12)15(7-5-2)11(17)14(3)10(8)16/h13H,4-7,12H2,1-3H3. The van der Waals surface area contributed by atoms with Crippen molar-refractivity contribution in [2.75, 3.05) is 17.6 Å². The number of nitrogens with zero attached hydrogens (tertiary/aromatic N) is 2. The van der Waals surface area contributed by atoms with E-state index in [1.807, 2.05) is 13.8 Å². The second-order valence-electron chi connectivity index (χ2n) is 3.99. The van der Waals surface area contributed by atoms with Crippen molar-refractivity contribution >= 4 is 11.5 Å². The van der Waals surface area contributed by atoms with E-state index in [1.54, 1.807) is 0 Å². The Bertz CT molecular complexity index is 501. The summed E-state index contributed by atoms with van der Waals surface area (Å²) >= 11 is 0. The molecule has 1 rings (SSSR count). The van der Waals surface area contributed by atoms with Crippen LogP contribution in [-0.4, -0.2) is 15.7 Å². The van der Waals surface area contributed by atoms with Gasteiger partial charge in [0.2, 0.25) is 0 Å². The van der Waals surface area contributed by atoms with E-state index < -0.39 is 0 Å². The van der Waals surface area contributed by atoms with Crippen molar-refractivity contribution in [3.05, 3.63) is 20.8 Å². The minimum absolute atomic E-state index is 0.230. The normalized spacial score (nSPS) is 10.5. The zero-order valence-electron chi connectivity index (χ0n) is 10.6. The van der Waals surface area contributed by atoms with Gasteiger partial charge in [0.25, 0.3) is 5.56 Å². The van der Waals surface area contributed by atoms with Crippen LogP contribution in [0.2, 0.25) is 0 Å². The molecule has 0 saturated carbocycles. The van der Waals surface area contributed by atoms with Gasteiger partial charge in [0, 0.05) is 20.1 Å². The maximum atomic E-state index is 11.9. The summed E-state index contributed by atoms with van der Waals surface area (Å²) in [6, 6.07) is 0. The van der Waals surface area contributed by atoms with Crippen molar-refractivity contribution < 1.29 is 0 Å². The molecule has 17 heavy (non-hydrogen) atoms. The second-order valence-corrected chi connectivity index (χ2v) is 3.99. The number of anilines is 2. The zero-order valence-corrected chi connectivity index (χ0v) is 10.6. The minimum atomic E-state index is -0.367. The van der Waals surface area contributed by atoms with Crippen LogP contribution in [0.25, 0.3) is 0 Å². The molecule has 0 saturated heterocycles. The molecule has 6 nitrogen and oxygen atoms in total. The summed E-state index contributed by atoms with van der Waals surface area (Å²) in [5, 5.41) is 2.98. The van der Waals surface area contributed by atoms with E-state index in [1.165, 1.54) is 11.6 Å². The monoisotopic (exact) mass is 240 g/mol. The fraction of sp³-hybridized carbons (Fsp3) is 0.636. The number of aromatic nitrogens is 2. The molecule has 0 bridgehead atoms. The van der Waals surface area contributed by atoms with Crippen LogP contribution in [0, 0.1) is 0 Å². The second kappa shape index (κ2) is 5.56. The number of hydrogen-bond acceptors (Lipinski definition) is 4. The predicted octanol–water partition coefficient (Wildman–Crippen LogP) is 0.361. The van der Waals surface area contributed by atoms with Crippen molar-refractivity contribution in [3.8, 4) is 0 Å². The minimum Gasteiger partial charge on any atom is -0.383 e. The van der Waals surface area contributed by atoms with Crippen LogP contribution in [0.15, 0.2) is 9.59 Å². The molecule has 0 spiro atoms. The Hall–Kier alpha value is -1.72. The molecule has 0 atom stereocenters. The molecular weight excluding hydrogens is 220 g/mol. The molecule has 0 radical (unpaired) electrons. The molecule has 0 unspecified atom stereocenters. The lowest BCUT2D eigenvalue weighted by Gasteiger charge is -2.15. The maximum absolute atomic E-state index is 11.9. The summed E-state index contributed by atoms with van der Waals surface area (Å²) in [6.45, 7) is 5.12. The number of rotatable bonds is 5. The largest absolute Gasteiger partial charge is 0.383 e. The third-order valence-corrected chi connectivity index (χ3v) is 2.58. The van der Waals surface area contributed by atoms with Gasteiger partial charge in [-0.15, -0.1) is 0 Å². The zero-order chi connectivity index (χ0) is 13.0. The van der Waals surface area contributed by atoms with Crippen molar-refractivity contribution in [1.82, 2.24) is 9.13 Å². The summed E-state index contributed by atoms with van der Waals surface area (Å²) in [4.78, 5) is 23.7. The lowest BCUT2D eigenvalue weighted by molar-refractivity contribution is 0.600. The first-order valence-corrected chi connectivity index (χ1v) is 5.87. The van der Waals surface area contributed by atoms with Crippen LogP contribution in [0.3, 0.4) is 0 Å². The van der Waals surface area contributed by atoms with Crippen molar-refractivity contribution in [2.45, 2.75) is 33.2 Å². The first-order valence-electron chi connectivity index (χ1n) is 5.87. The van der Waals surface area contributed by atoms with Gasteiger partial charge in [-0.2, -0.15) is 0 Å². The molecule has 0 aliphatic carbocycles. The van der Waals surface area contributed by atoms with Crippen LogP contribution < -0.4 is 22.3 Å². The van der Waals surface area contributed by atoms with Crippen LogP contribution >= 0.6 is 0 Å². The molecule has 6 heteroatoms. The van der Waals surface area contributed by atoms with E-state index in [9.17, 15) is 9.59 Å². The lowest BCUT2D eigenvalue weighted by Crippen LogP contribution is -2.40. The van der Waals surface area contributed by atoms with Crippen LogP contribution in [-0.2, 0) is 13.6 Å². The Morgan fingerprint density at radius 1 is 1.24 bits per heavy atom. The summed E-state index contributed by atoms with van der Waals surface area (Å²) in [5.41, 5.74) is 5.46. The molecule has 0 aliphatic heterocycles. The average molecular weight is 240 g/mol. The molecule has 3 N–H and O–H groups in total. The Kier molecular flexibility index (Phi) is 4.37. The van der Waals surface area contributed by atoms with Gasteiger partial charge in [-0.05, 0) is 12.8 Å². The van der Waals surface area contributed by atoms with E-state index in [2.05, 4.69) is 5.32 Å². The summed E-state index contributed by atoms with van der Waals surface area (Å²) in [5.74, 6) is 0.230. The van der Waals surface area contributed by atoms with E-state index in [4.69, 9.17) is 5.73 Å². The highest BCUT2D eigenvalue weighted by Gasteiger charge is 2.13. The SMILES string of the molecule is CCCNc1c(N)n(CCC)c(=O)n(C)c1=O. The molecule has 0 aliphatic rings. The molecule has 0 amide bonds. The Balaban J connectivity index is 3.39. The van der Waals surface area contributed by atoms with Crippen molar-refractivity contribution in [1.29, 1.82) is 0 Å². The van der Waals surface area contributed by atoms with Crippen molar-refractivity contribution in [3.63, 3.8) is 0 Å². The predicted molar refractivity (Wildman–Crippen MR) is 69.4 cm³/mol. The highest BCUT2D eigenvalue weighted by Crippen LogP contribution is 2.10. The summed E-state index contributed by atoms with van der Waals surface area (Å²) in [7, 11) is 1.47. The van der Waals surface area contributed by atoms with Gasteiger partial charge < -0.3 is 11.1 Å². The molecular formula is C11H20N4O2. The average Bonchev–Trinajstić information content (AvgIpc) is 2.32. The van der Waals surface area contributed by atoms with Gasteiger partial charge in [0.05, 0.1) is 0 Å². The lowest BCUT2D eigenvalue weighted by atomic mass is 10.3. The van der Waals surface area contributed by atoms with E-state index in [0.717, 1.165) is 17.4 Å². The van der Waals surface area contributed by atoms with Gasteiger partial charge in [-0.3, -0.25) is 13.9 Å². The molecule has 0 aromatic carbocycles. The topological polar surface area (TPSA) is 82.0 Å². The number of hydrogen-bond donors (Lipinski definition) is 2. The Labute approximate surface area is 100 Å². The highest BCUT2D eigenvalue weighted by atomic mass is 16.2. The number of nitrogens with two attached hydrogens (primary N) is 1. The van der Waals surface area contributed by atoms with E-state index >= 15 is 0 Å². The maximum Gasteiger partial charge on any atom is 0.332 e. The van der Waals surface area contributed by atoms with Gasteiger partial charge in [0.15, 0.2) is 0 Å². The van der Waals surface area contributed by atoms with Gasteiger partial charge >= 0.3 is 5.69 Å². The number of nitrogen functional groups attached to an aromatic ring is 1. The summed E-state index contributed by atoms with van der Waals surface area (Å²) < 4.78 is 2.52. The van der Waals surface area contributed by atoms with Gasteiger partial charge in [-0.1, -0.05) is 13.8 Å². The van der Waals surface area contributed by atoms with Crippen LogP contribution in [0.1, 0.15) is 26.7 Å². The molecule has 1 aromatic rings.